The number of rotatable bonds is 14. The fraction of sp³-hybridized carbons (Fsp3) is 0.432. The number of likely N-dealkylation sites (tertiary alicyclic amines) is 2. The maximum absolute atomic E-state index is 12.7. The highest BCUT2D eigenvalue weighted by atomic mass is 16.5. The number of hydrogen-bond donors (Lipinski definition) is 6. The molecule has 5 amide bonds. The van der Waals surface area contributed by atoms with Crippen LogP contribution in [0.3, 0.4) is 0 Å². The molecule has 1 atom stereocenters. The summed E-state index contributed by atoms with van der Waals surface area (Å²) in [6.45, 7) is 2.96. The van der Waals surface area contributed by atoms with Gasteiger partial charge in [0.25, 0.3) is 0 Å². The summed E-state index contributed by atoms with van der Waals surface area (Å²) in [4.78, 5) is 55.2. The largest absolute Gasteiger partial charge is 0.343 e. The van der Waals surface area contributed by atoms with Crippen molar-refractivity contribution in [3.63, 3.8) is 0 Å². The smallest absolute Gasteiger partial charge is 0.321 e. The summed E-state index contributed by atoms with van der Waals surface area (Å²) in [5, 5.41) is 22.4. The Morgan fingerprint density at radius 2 is 1.32 bits per heavy atom. The lowest BCUT2D eigenvalue weighted by atomic mass is 9.91. The molecule has 6 rings (SSSR count). The molecule has 3 aromatic carbocycles. The molecule has 0 spiro atoms. The number of carbonyl (C=O) groups excluding carboxylic acids is 4. The fourth-order valence-electron chi connectivity index (χ4n) is 7.77. The minimum atomic E-state index is -0.341. The SMILES string of the molecule is N[C@H](CC(=O)N1CCC(CCCC(=O)NO)CC1)Cc1cccc2ccccc12.O=C(CCCC1CCN(C(=O)Nc2ccc(-c3cccnc3)cc2)CC1)NO. The minimum Gasteiger partial charge on any atom is -0.343 e. The van der Waals surface area contributed by atoms with Gasteiger partial charge in [-0.05, 0) is 115 Å². The van der Waals surface area contributed by atoms with Crippen LogP contribution in [-0.2, 0) is 20.8 Å². The van der Waals surface area contributed by atoms with Crippen LogP contribution >= 0.6 is 0 Å². The number of piperidine rings is 2. The Morgan fingerprint density at radius 1 is 0.719 bits per heavy atom. The first-order chi connectivity index (χ1) is 27.7. The van der Waals surface area contributed by atoms with Gasteiger partial charge < -0.3 is 20.9 Å². The Kier molecular flexibility index (Phi) is 16.8. The van der Waals surface area contributed by atoms with E-state index in [2.05, 4.69) is 34.6 Å². The van der Waals surface area contributed by atoms with E-state index in [1.165, 1.54) is 16.3 Å². The van der Waals surface area contributed by atoms with Crippen LogP contribution in [0.25, 0.3) is 21.9 Å². The van der Waals surface area contributed by atoms with Crippen LogP contribution in [0.4, 0.5) is 10.5 Å². The van der Waals surface area contributed by atoms with Gasteiger partial charge in [-0.2, -0.15) is 0 Å². The third-order valence-electron chi connectivity index (χ3n) is 11.1. The molecule has 13 heteroatoms. The summed E-state index contributed by atoms with van der Waals surface area (Å²) in [5.74, 6) is 0.518. The summed E-state index contributed by atoms with van der Waals surface area (Å²) < 4.78 is 0. The van der Waals surface area contributed by atoms with E-state index >= 15 is 0 Å². The first kappa shape index (κ1) is 42.8. The van der Waals surface area contributed by atoms with E-state index in [1.807, 2.05) is 70.6 Å². The van der Waals surface area contributed by atoms with Crippen molar-refractivity contribution in [1.82, 2.24) is 25.7 Å². The zero-order chi connectivity index (χ0) is 40.4. The second-order valence-electron chi connectivity index (χ2n) is 15.2. The Bertz CT molecular complexity index is 1870. The molecule has 57 heavy (non-hydrogen) atoms. The normalized spacial score (nSPS) is 15.3. The lowest BCUT2D eigenvalue weighted by Crippen LogP contribution is -2.41. The van der Waals surface area contributed by atoms with Gasteiger partial charge in [-0.25, -0.2) is 15.8 Å². The van der Waals surface area contributed by atoms with Crippen molar-refractivity contribution in [2.45, 2.75) is 83.1 Å². The summed E-state index contributed by atoms with van der Waals surface area (Å²) in [5.41, 5.74) is 13.7. The van der Waals surface area contributed by atoms with E-state index in [1.54, 1.807) is 17.2 Å². The Hall–Kier alpha value is -5.37. The highest BCUT2D eigenvalue weighted by molar-refractivity contribution is 5.90. The molecular formula is C44H57N7O6. The number of hydrogen-bond acceptors (Lipinski definition) is 8. The van der Waals surface area contributed by atoms with Gasteiger partial charge in [-0.3, -0.25) is 29.8 Å². The van der Waals surface area contributed by atoms with Gasteiger partial charge in [0.2, 0.25) is 17.7 Å². The molecule has 0 unspecified atom stereocenters. The maximum atomic E-state index is 12.7. The van der Waals surface area contributed by atoms with Crippen molar-refractivity contribution in [2.75, 3.05) is 31.5 Å². The molecule has 7 N–H and O–H groups in total. The molecule has 0 saturated carbocycles. The van der Waals surface area contributed by atoms with Crippen molar-refractivity contribution in [3.05, 3.63) is 96.8 Å². The highest BCUT2D eigenvalue weighted by Crippen LogP contribution is 2.26. The van der Waals surface area contributed by atoms with Crippen LogP contribution in [-0.4, -0.2) is 81.2 Å². The van der Waals surface area contributed by atoms with Crippen molar-refractivity contribution >= 4 is 40.2 Å². The molecule has 4 aromatic rings. The maximum Gasteiger partial charge on any atom is 0.321 e. The summed E-state index contributed by atoms with van der Waals surface area (Å²) in [7, 11) is 0. The zero-order valence-electron chi connectivity index (χ0n) is 32.7. The van der Waals surface area contributed by atoms with Crippen LogP contribution in [0.1, 0.15) is 76.2 Å². The predicted octanol–water partition coefficient (Wildman–Crippen LogP) is 6.68. The van der Waals surface area contributed by atoms with Gasteiger partial charge >= 0.3 is 6.03 Å². The third-order valence-corrected chi connectivity index (χ3v) is 11.1. The number of nitrogens with two attached hydrogens (primary N) is 1. The van der Waals surface area contributed by atoms with Crippen LogP contribution in [0.5, 0.6) is 0 Å². The molecule has 0 radical (unpaired) electrons. The van der Waals surface area contributed by atoms with Gasteiger partial charge in [0.15, 0.2) is 0 Å². The van der Waals surface area contributed by atoms with Crippen LogP contribution in [0.15, 0.2) is 91.3 Å². The van der Waals surface area contributed by atoms with E-state index in [0.717, 1.165) is 94.4 Å². The van der Waals surface area contributed by atoms with E-state index in [0.29, 0.717) is 37.5 Å². The van der Waals surface area contributed by atoms with E-state index in [4.69, 9.17) is 16.1 Å². The van der Waals surface area contributed by atoms with Crippen molar-refractivity contribution < 1.29 is 29.6 Å². The van der Waals surface area contributed by atoms with Gasteiger partial charge in [0.1, 0.15) is 0 Å². The molecular weight excluding hydrogens is 723 g/mol. The topological polar surface area (TPSA) is 190 Å². The lowest BCUT2D eigenvalue weighted by Gasteiger charge is -2.32. The van der Waals surface area contributed by atoms with E-state index in [9.17, 15) is 19.2 Å². The second-order valence-corrected chi connectivity index (χ2v) is 15.2. The Balaban J connectivity index is 0.000000218. The van der Waals surface area contributed by atoms with Crippen LogP contribution in [0, 0.1) is 11.8 Å². The average Bonchev–Trinajstić information content (AvgIpc) is 3.25. The first-order valence-electron chi connectivity index (χ1n) is 20.1. The number of hydroxylamine groups is 2. The predicted molar refractivity (Wildman–Crippen MR) is 220 cm³/mol. The van der Waals surface area contributed by atoms with Crippen molar-refractivity contribution in [2.24, 2.45) is 17.6 Å². The van der Waals surface area contributed by atoms with Gasteiger partial charge in [0, 0.05) is 69.6 Å². The van der Waals surface area contributed by atoms with Gasteiger partial charge in [-0.15, -0.1) is 0 Å². The summed E-state index contributed by atoms with van der Waals surface area (Å²) in [6.07, 6.45) is 12.5. The van der Waals surface area contributed by atoms with Gasteiger partial charge in [0.05, 0.1) is 0 Å². The number of aromatic nitrogens is 1. The third kappa shape index (κ3) is 13.7. The molecule has 2 aliphatic heterocycles. The van der Waals surface area contributed by atoms with E-state index < -0.39 is 0 Å². The number of benzene rings is 3. The Labute approximate surface area is 334 Å². The quantitative estimate of drug-likeness (QED) is 0.0603. The number of anilines is 1. The van der Waals surface area contributed by atoms with Crippen LogP contribution < -0.4 is 22.0 Å². The molecule has 2 saturated heterocycles. The monoisotopic (exact) mass is 779 g/mol. The summed E-state index contributed by atoms with van der Waals surface area (Å²) >= 11 is 0. The average molecular weight is 780 g/mol. The molecule has 2 aliphatic rings. The highest BCUT2D eigenvalue weighted by Gasteiger charge is 2.25. The van der Waals surface area contributed by atoms with Crippen LogP contribution in [0.2, 0.25) is 0 Å². The Morgan fingerprint density at radius 3 is 1.91 bits per heavy atom. The number of nitrogens with zero attached hydrogens (tertiary/aromatic N) is 3. The number of pyridine rings is 1. The molecule has 0 bridgehead atoms. The molecule has 3 heterocycles. The molecule has 0 aliphatic carbocycles. The van der Waals surface area contributed by atoms with Crippen molar-refractivity contribution in [3.8, 4) is 11.1 Å². The molecule has 1 aromatic heterocycles. The molecule has 2 fully saturated rings. The molecule has 304 valence electrons. The number of carbonyl (C=O) groups is 4. The minimum absolute atomic E-state index is 0.0766. The zero-order valence-corrected chi connectivity index (χ0v) is 32.7. The first-order valence-corrected chi connectivity index (χ1v) is 20.1. The van der Waals surface area contributed by atoms with E-state index in [-0.39, 0.29) is 29.8 Å². The fourth-order valence-corrected chi connectivity index (χ4v) is 7.77. The number of nitrogens with one attached hydrogen (secondary N) is 3. The summed E-state index contributed by atoms with van der Waals surface area (Å²) in [6, 6.07) is 25.9. The number of amides is 5. The second kappa shape index (κ2) is 22.4. The number of urea groups is 1. The number of fused-ring (bicyclic) bond motifs is 1. The molecule has 13 nitrogen and oxygen atoms in total. The van der Waals surface area contributed by atoms with Gasteiger partial charge in [-0.1, -0.05) is 60.7 Å². The standard InChI is InChI=1S/C23H31N3O3.C21H26N4O3/c24-20(15-19-8-4-7-18-6-1-2-9-21(18)19)16-23(28)26-13-11-17(12-14-26)5-3-10-22(27)25-29;26-20(24-28)5-1-3-16-10-13-25(14-11-16)21(27)23-19-8-6-17(7-9-19)18-4-2-12-22-15-18/h1-2,4,6-9,17,20,29H,3,5,10-16,24H2,(H,25,27);2,4,6-9,12,15-16,28H,1,3,5,10-11,13-14H2,(H,23,27)(H,24,26)/t20-;/m0./s1. The van der Waals surface area contributed by atoms with Crippen molar-refractivity contribution in [1.29, 1.82) is 0 Å². The lowest BCUT2D eigenvalue weighted by molar-refractivity contribution is -0.133.